The summed E-state index contributed by atoms with van der Waals surface area (Å²) in [6.07, 6.45) is 6.63. The van der Waals surface area contributed by atoms with Crippen LogP contribution in [0.4, 0.5) is 0 Å². The second-order valence-corrected chi connectivity index (χ2v) is 6.96. The van der Waals surface area contributed by atoms with E-state index in [2.05, 4.69) is 29.6 Å². The molecule has 0 spiro atoms. The lowest BCUT2D eigenvalue weighted by atomic mass is 9.92. The summed E-state index contributed by atoms with van der Waals surface area (Å²) in [6, 6.07) is 1.63. The van der Waals surface area contributed by atoms with Gasteiger partial charge in [-0.15, -0.1) is 11.3 Å². The Morgan fingerprint density at radius 2 is 2.11 bits per heavy atom. The molecule has 2 unspecified atom stereocenters. The third-order valence-electron chi connectivity index (χ3n) is 4.75. The number of piperidine rings is 1. The Bertz CT molecular complexity index is 403. The zero-order chi connectivity index (χ0) is 13.2. The molecule has 1 aromatic rings. The maximum Gasteiger partial charge on any atom is 0.0961 e. The summed E-state index contributed by atoms with van der Waals surface area (Å²) in [5.41, 5.74) is 1.24. The molecule has 2 atom stereocenters. The Morgan fingerprint density at radius 1 is 1.37 bits per heavy atom. The molecule has 2 saturated heterocycles. The molecule has 0 aliphatic carbocycles. The van der Waals surface area contributed by atoms with Crippen molar-refractivity contribution in [1.29, 1.82) is 0 Å². The number of nitrogens with zero attached hydrogens (tertiary/aromatic N) is 2. The van der Waals surface area contributed by atoms with E-state index in [0.29, 0.717) is 0 Å². The van der Waals surface area contributed by atoms with Crippen LogP contribution >= 0.6 is 11.3 Å². The van der Waals surface area contributed by atoms with Gasteiger partial charge in [-0.3, -0.25) is 0 Å². The predicted molar refractivity (Wildman–Crippen MR) is 80.7 cm³/mol. The molecule has 2 aliphatic heterocycles. The number of rotatable bonds is 5. The van der Waals surface area contributed by atoms with Gasteiger partial charge in [0.1, 0.15) is 0 Å². The molecule has 106 valence electrons. The third-order valence-corrected chi connectivity index (χ3v) is 5.81. The van der Waals surface area contributed by atoms with Crippen molar-refractivity contribution in [3.63, 3.8) is 0 Å². The molecular weight excluding hydrogens is 254 g/mol. The molecule has 0 amide bonds. The fourth-order valence-corrected chi connectivity index (χ4v) is 4.55. The summed E-state index contributed by atoms with van der Waals surface area (Å²) in [5, 5.41) is 7.08. The first kappa shape index (κ1) is 13.5. The van der Waals surface area contributed by atoms with E-state index in [1.54, 1.807) is 0 Å². The summed E-state index contributed by atoms with van der Waals surface area (Å²) in [4.78, 5) is 7.47. The highest BCUT2D eigenvalue weighted by Crippen LogP contribution is 2.42. The van der Waals surface area contributed by atoms with Crippen molar-refractivity contribution in [1.82, 2.24) is 15.2 Å². The van der Waals surface area contributed by atoms with Crippen LogP contribution in [0.25, 0.3) is 0 Å². The first-order valence-corrected chi connectivity index (χ1v) is 8.52. The average Bonchev–Trinajstić information content (AvgIpc) is 2.93. The minimum absolute atomic E-state index is 0.721. The Morgan fingerprint density at radius 3 is 2.79 bits per heavy atom. The molecule has 3 heterocycles. The highest BCUT2D eigenvalue weighted by Gasteiger charge is 2.39. The normalized spacial score (nSPS) is 30.9. The SMILES string of the molecule is CCCNCc1csc(C2CC3CCC(C2)N3C)n1. The van der Waals surface area contributed by atoms with Crippen LogP contribution in [0.15, 0.2) is 5.38 Å². The number of aromatic nitrogens is 1. The van der Waals surface area contributed by atoms with E-state index in [4.69, 9.17) is 4.98 Å². The molecule has 2 aliphatic rings. The van der Waals surface area contributed by atoms with Crippen LogP contribution in [0.3, 0.4) is 0 Å². The lowest BCUT2D eigenvalue weighted by Crippen LogP contribution is -2.39. The molecule has 0 aromatic carbocycles. The topological polar surface area (TPSA) is 28.2 Å². The van der Waals surface area contributed by atoms with E-state index in [1.165, 1.54) is 42.8 Å². The summed E-state index contributed by atoms with van der Waals surface area (Å²) in [7, 11) is 2.31. The van der Waals surface area contributed by atoms with Crippen molar-refractivity contribution < 1.29 is 0 Å². The molecule has 0 saturated carbocycles. The standard InChI is InChI=1S/C15H25N3S/c1-3-6-16-9-12-10-19-15(17-12)11-7-13-4-5-14(8-11)18(13)2/h10-11,13-14,16H,3-9H2,1-2H3. The molecule has 1 N–H and O–H groups in total. The van der Waals surface area contributed by atoms with E-state index in [-0.39, 0.29) is 0 Å². The fourth-order valence-electron chi connectivity index (χ4n) is 3.60. The van der Waals surface area contributed by atoms with E-state index in [0.717, 1.165) is 31.1 Å². The van der Waals surface area contributed by atoms with Gasteiger partial charge in [0, 0.05) is 29.9 Å². The molecule has 2 bridgehead atoms. The smallest absolute Gasteiger partial charge is 0.0961 e. The van der Waals surface area contributed by atoms with Crippen molar-refractivity contribution in [2.45, 2.75) is 63.6 Å². The zero-order valence-corrected chi connectivity index (χ0v) is 12.9. The highest BCUT2D eigenvalue weighted by atomic mass is 32.1. The second kappa shape index (κ2) is 5.90. The Kier molecular flexibility index (Phi) is 4.20. The number of hydrogen-bond donors (Lipinski definition) is 1. The zero-order valence-electron chi connectivity index (χ0n) is 12.1. The Balaban J connectivity index is 1.60. The second-order valence-electron chi connectivity index (χ2n) is 6.07. The minimum Gasteiger partial charge on any atom is -0.311 e. The van der Waals surface area contributed by atoms with Gasteiger partial charge in [-0.2, -0.15) is 0 Å². The predicted octanol–water partition coefficient (Wildman–Crippen LogP) is 2.98. The fraction of sp³-hybridized carbons (Fsp3) is 0.800. The van der Waals surface area contributed by atoms with Gasteiger partial charge in [0.15, 0.2) is 0 Å². The third kappa shape index (κ3) is 2.86. The summed E-state index contributed by atoms with van der Waals surface area (Å²) in [5.74, 6) is 0.721. The quantitative estimate of drug-likeness (QED) is 0.840. The van der Waals surface area contributed by atoms with E-state index >= 15 is 0 Å². The van der Waals surface area contributed by atoms with Crippen LogP contribution in [-0.4, -0.2) is 35.6 Å². The monoisotopic (exact) mass is 279 g/mol. The van der Waals surface area contributed by atoms with Gasteiger partial charge < -0.3 is 10.2 Å². The minimum atomic E-state index is 0.721. The number of hydrogen-bond acceptors (Lipinski definition) is 4. The molecule has 3 nitrogen and oxygen atoms in total. The molecule has 3 rings (SSSR count). The molecule has 2 fully saturated rings. The van der Waals surface area contributed by atoms with Crippen LogP contribution in [0.5, 0.6) is 0 Å². The lowest BCUT2D eigenvalue weighted by molar-refractivity contribution is 0.161. The number of fused-ring (bicyclic) bond motifs is 2. The van der Waals surface area contributed by atoms with E-state index < -0.39 is 0 Å². The Hall–Kier alpha value is -0.450. The highest BCUT2D eigenvalue weighted by molar-refractivity contribution is 7.09. The van der Waals surface area contributed by atoms with Gasteiger partial charge in [-0.25, -0.2) is 4.98 Å². The summed E-state index contributed by atoms with van der Waals surface area (Å²) < 4.78 is 0. The molecule has 4 heteroatoms. The van der Waals surface area contributed by atoms with Crippen molar-refractivity contribution in [2.75, 3.05) is 13.6 Å². The van der Waals surface area contributed by atoms with Crippen LogP contribution in [0.2, 0.25) is 0 Å². The van der Waals surface area contributed by atoms with Gasteiger partial charge in [-0.1, -0.05) is 6.92 Å². The first-order valence-electron chi connectivity index (χ1n) is 7.65. The van der Waals surface area contributed by atoms with Crippen molar-refractivity contribution >= 4 is 11.3 Å². The van der Waals surface area contributed by atoms with Crippen molar-refractivity contribution in [3.8, 4) is 0 Å². The maximum absolute atomic E-state index is 4.86. The first-order chi connectivity index (χ1) is 9.28. The molecule has 1 aromatic heterocycles. The molecule has 19 heavy (non-hydrogen) atoms. The summed E-state index contributed by atoms with van der Waals surface area (Å²) in [6.45, 7) is 4.23. The van der Waals surface area contributed by atoms with Crippen molar-refractivity contribution in [2.24, 2.45) is 0 Å². The van der Waals surface area contributed by atoms with Crippen molar-refractivity contribution in [3.05, 3.63) is 16.1 Å². The number of nitrogens with one attached hydrogen (secondary N) is 1. The van der Waals surface area contributed by atoms with Crippen LogP contribution in [0.1, 0.15) is 55.6 Å². The van der Waals surface area contributed by atoms with Gasteiger partial charge >= 0.3 is 0 Å². The van der Waals surface area contributed by atoms with Crippen LogP contribution < -0.4 is 5.32 Å². The van der Waals surface area contributed by atoms with E-state index in [1.807, 2.05) is 11.3 Å². The number of thiazole rings is 1. The Labute approximate surface area is 120 Å². The van der Waals surface area contributed by atoms with Crippen LogP contribution in [-0.2, 0) is 6.54 Å². The largest absolute Gasteiger partial charge is 0.311 e. The molecular formula is C15H25N3S. The average molecular weight is 279 g/mol. The summed E-state index contributed by atoms with van der Waals surface area (Å²) >= 11 is 1.88. The van der Waals surface area contributed by atoms with Gasteiger partial charge in [0.05, 0.1) is 10.7 Å². The maximum atomic E-state index is 4.86. The van der Waals surface area contributed by atoms with Gasteiger partial charge in [0.2, 0.25) is 0 Å². The van der Waals surface area contributed by atoms with Gasteiger partial charge in [0.25, 0.3) is 0 Å². The molecule has 0 radical (unpaired) electrons. The van der Waals surface area contributed by atoms with E-state index in [9.17, 15) is 0 Å². The van der Waals surface area contributed by atoms with Crippen LogP contribution in [0, 0.1) is 0 Å². The van der Waals surface area contributed by atoms with Gasteiger partial charge in [-0.05, 0) is 45.7 Å². The lowest BCUT2D eigenvalue weighted by Gasteiger charge is -2.35.